The Morgan fingerprint density at radius 2 is 2.28 bits per heavy atom. The minimum atomic E-state index is -0.509. The number of aliphatic hydroxyl groups is 2. The third-order valence-electron chi connectivity index (χ3n) is 3.29. The number of anilines is 1. The molecule has 0 radical (unpaired) electrons. The number of aromatic nitrogens is 1. The van der Waals surface area contributed by atoms with Crippen LogP contribution in [0, 0.1) is 5.92 Å². The van der Waals surface area contributed by atoms with Crippen molar-refractivity contribution in [2.45, 2.75) is 25.0 Å². The van der Waals surface area contributed by atoms with E-state index in [1.807, 2.05) is 0 Å². The number of rotatable bonds is 4. The Labute approximate surface area is 105 Å². The molecule has 0 bridgehead atoms. The number of hydrogen-bond acceptors (Lipinski definition) is 5. The van der Waals surface area contributed by atoms with E-state index in [9.17, 15) is 9.90 Å². The summed E-state index contributed by atoms with van der Waals surface area (Å²) in [6.07, 6.45) is 2.23. The molecule has 0 aliphatic heterocycles. The van der Waals surface area contributed by atoms with Gasteiger partial charge in [-0.05, 0) is 25.0 Å². The quantitative estimate of drug-likeness (QED) is 0.589. The lowest BCUT2D eigenvalue weighted by Crippen LogP contribution is -2.18. The SMILES string of the molecule is NC(=O)c1ccc(N[C@@H]2C[C@H](CO)[C@@H](O)C2)nc1. The summed E-state index contributed by atoms with van der Waals surface area (Å²) < 4.78 is 0. The van der Waals surface area contributed by atoms with Crippen LogP contribution in [0.2, 0.25) is 0 Å². The first-order valence-corrected chi connectivity index (χ1v) is 5.91. The number of carbonyl (C=O) groups is 1. The maximum atomic E-state index is 10.9. The van der Waals surface area contributed by atoms with E-state index in [-0.39, 0.29) is 18.6 Å². The van der Waals surface area contributed by atoms with E-state index in [4.69, 9.17) is 10.8 Å². The zero-order chi connectivity index (χ0) is 13.1. The van der Waals surface area contributed by atoms with Crippen LogP contribution in [0.15, 0.2) is 18.3 Å². The van der Waals surface area contributed by atoms with Crippen molar-refractivity contribution < 1.29 is 15.0 Å². The molecule has 5 N–H and O–H groups in total. The smallest absolute Gasteiger partial charge is 0.250 e. The van der Waals surface area contributed by atoms with Crippen molar-refractivity contribution in [3.05, 3.63) is 23.9 Å². The zero-order valence-corrected chi connectivity index (χ0v) is 9.91. The number of amides is 1. The molecule has 0 aromatic carbocycles. The maximum absolute atomic E-state index is 10.9. The molecule has 1 amide bonds. The summed E-state index contributed by atoms with van der Waals surface area (Å²) >= 11 is 0. The molecule has 6 heteroatoms. The van der Waals surface area contributed by atoms with Gasteiger partial charge in [-0.3, -0.25) is 4.79 Å². The number of carbonyl (C=O) groups excluding carboxylic acids is 1. The molecule has 18 heavy (non-hydrogen) atoms. The van der Waals surface area contributed by atoms with E-state index in [0.717, 1.165) is 0 Å². The van der Waals surface area contributed by atoms with E-state index in [1.165, 1.54) is 6.20 Å². The fourth-order valence-corrected chi connectivity index (χ4v) is 2.25. The highest BCUT2D eigenvalue weighted by atomic mass is 16.3. The highest BCUT2D eigenvalue weighted by molar-refractivity contribution is 5.92. The summed E-state index contributed by atoms with van der Waals surface area (Å²) in [4.78, 5) is 15.0. The lowest BCUT2D eigenvalue weighted by Gasteiger charge is -2.12. The minimum Gasteiger partial charge on any atom is -0.396 e. The predicted molar refractivity (Wildman–Crippen MR) is 66.0 cm³/mol. The van der Waals surface area contributed by atoms with Crippen LogP contribution >= 0.6 is 0 Å². The average molecular weight is 251 g/mol. The second kappa shape index (κ2) is 5.32. The van der Waals surface area contributed by atoms with E-state index in [0.29, 0.717) is 24.2 Å². The summed E-state index contributed by atoms with van der Waals surface area (Å²) in [6, 6.07) is 3.37. The predicted octanol–water partition coefficient (Wildman–Crippen LogP) is -0.276. The van der Waals surface area contributed by atoms with Gasteiger partial charge in [0.25, 0.3) is 0 Å². The summed E-state index contributed by atoms with van der Waals surface area (Å²) in [6.45, 7) is -0.00656. The van der Waals surface area contributed by atoms with Gasteiger partial charge in [-0.1, -0.05) is 0 Å². The Balaban J connectivity index is 1.96. The molecular formula is C12H17N3O3. The molecule has 1 aliphatic carbocycles. The van der Waals surface area contributed by atoms with Crippen LogP contribution in [0.5, 0.6) is 0 Å². The van der Waals surface area contributed by atoms with E-state index >= 15 is 0 Å². The van der Waals surface area contributed by atoms with Crippen LogP contribution in [0.4, 0.5) is 5.82 Å². The largest absolute Gasteiger partial charge is 0.396 e. The maximum Gasteiger partial charge on any atom is 0.250 e. The molecule has 0 saturated heterocycles. The number of nitrogens with one attached hydrogen (secondary N) is 1. The number of aliphatic hydroxyl groups excluding tert-OH is 2. The van der Waals surface area contributed by atoms with Gasteiger partial charge >= 0.3 is 0 Å². The van der Waals surface area contributed by atoms with Crippen LogP contribution in [0.1, 0.15) is 23.2 Å². The standard InChI is InChI=1S/C12H17N3O3/c13-12(18)7-1-2-11(14-5-7)15-9-3-8(6-16)10(17)4-9/h1-2,5,8-10,16-17H,3-4,6H2,(H2,13,18)(H,14,15)/t8-,9-,10+/m1/s1. The van der Waals surface area contributed by atoms with Crippen LogP contribution in [0.25, 0.3) is 0 Å². The Morgan fingerprint density at radius 3 is 2.78 bits per heavy atom. The second-order valence-electron chi connectivity index (χ2n) is 4.62. The fraction of sp³-hybridized carbons (Fsp3) is 0.500. The molecule has 0 spiro atoms. The number of nitrogens with zero attached hydrogens (tertiary/aromatic N) is 1. The van der Waals surface area contributed by atoms with Gasteiger partial charge in [0.1, 0.15) is 5.82 Å². The molecule has 6 nitrogen and oxygen atoms in total. The van der Waals surface area contributed by atoms with Gasteiger partial charge < -0.3 is 21.3 Å². The van der Waals surface area contributed by atoms with Crippen molar-refractivity contribution in [2.75, 3.05) is 11.9 Å². The molecule has 3 atom stereocenters. The molecule has 0 unspecified atom stereocenters. The summed E-state index contributed by atoms with van der Waals surface area (Å²) in [5.41, 5.74) is 5.48. The van der Waals surface area contributed by atoms with Crippen LogP contribution in [0.3, 0.4) is 0 Å². The highest BCUT2D eigenvalue weighted by Crippen LogP contribution is 2.27. The molecule has 1 aliphatic rings. The first kappa shape index (κ1) is 12.8. The Hall–Kier alpha value is -1.66. The number of hydrogen-bond donors (Lipinski definition) is 4. The lowest BCUT2D eigenvalue weighted by atomic mass is 10.1. The van der Waals surface area contributed by atoms with Gasteiger partial charge in [0.15, 0.2) is 0 Å². The van der Waals surface area contributed by atoms with Crippen LogP contribution in [-0.4, -0.2) is 39.9 Å². The van der Waals surface area contributed by atoms with Gasteiger partial charge in [0.05, 0.1) is 11.7 Å². The fourth-order valence-electron chi connectivity index (χ4n) is 2.25. The van der Waals surface area contributed by atoms with Crippen molar-refractivity contribution in [1.82, 2.24) is 4.98 Å². The second-order valence-corrected chi connectivity index (χ2v) is 4.62. The summed E-state index contributed by atoms with van der Waals surface area (Å²) in [5.74, 6) is 0.0499. The molecule has 2 rings (SSSR count). The Kier molecular flexibility index (Phi) is 3.78. The normalized spacial score (nSPS) is 27.1. The first-order chi connectivity index (χ1) is 8.60. The van der Waals surface area contributed by atoms with E-state index in [2.05, 4.69) is 10.3 Å². The number of primary amides is 1. The molecule has 1 saturated carbocycles. The van der Waals surface area contributed by atoms with Crippen LogP contribution < -0.4 is 11.1 Å². The van der Waals surface area contributed by atoms with Gasteiger partial charge in [0.2, 0.25) is 5.91 Å². The minimum absolute atomic E-state index is 0.00656. The van der Waals surface area contributed by atoms with Gasteiger partial charge in [-0.2, -0.15) is 0 Å². The monoisotopic (exact) mass is 251 g/mol. The van der Waals surface area contributed by atoms with E-state index < -0.39 is 12.0 Å². The third kappa shape index (κ3) is 2.77. The third-order valence-corrected chi connectivity index (χ3v) is 3.29. The lowest BCUT2D eigenvalue weighted by molar-refractivity contribution is 0.0908. The van der Waals surface area contributed by atoms with Crippen LogP contribution in [-0.2, 0) is 0 Å². The van der Waals surface area contributed by atoms with Crippen molar-refractivity contribution in [1.29, 1.82) is 0 Å². The zero-order valence-electron chi connectivity index (χ0n) is 9.91. The highest BCUT2D eigenvalue weighted by Gasteiger charge is 2.32. The molecule has 1 aromatic rings. The summed E-state index contributed by atoms with van der Waals surface area (Å²) in [5, 5.41) is 21.9. The molecule has 98 valence electrons. The van der Waals surface area contributed by atoms with Gasteiger partial charge in [-0.15, -0.1) is 0 Å². The van der Waals surface area contributed by atoms with Crippen molar-refractivity contribution in [3.8, 4) is 0 Å². The van der Waals surface area contributed by atoms with E-state index in [1.54, 1.807) is 12.1 Å². The van der Waals surface area contributed by atoms with Gasteiger partial charge in [-0.25, -0.2) is 4.98 Å². The van der Waals surface area contributed by atoms with Crippen molar-refractivity contribution in [3.63, 3.8) is 0 Å². The Bertz CT molecular complexity index is 421. The molecule has 1 fully saturated rings. The van der Waals surface area contributed by atoms with Gasteiger partial charge in [0, 0.05) is 24.8 Å². The van der Waals surface area contributed by atoms with Crippen molar-refractivity contribution in [2.24, 2.45) is 11.7 Å². The van der Waals surface area contributed by atoms with Crippen molar-refractivity contribution >= 4 is 11.7 Å². The molecule has 1 heterocycles. The summed E-state index contributed by atoms with van der Waals surface area (Å²) in [7, 11) is 0. The molecular weight excluding hydrogens is 234 g/mol. The molecule has 1 aromatic heterocycles. The topological polar surface area (TPSA) is 108 Å². The Morgan fingerprint density at radius 1 is 1.50 bits per heavy atom. The average Bonchev–Trinajstić information content (AvgIpc) is 2.70. The number of pyridine rings is 1. The first-order valence-electron chi connectivity index (χ1n) is 5.91. The number of nitrogens with two attached hydrogens (primary N) is 1.